The molecular formula is C12H20N4. The summed E-state index contributed by atoms with van der Waals surface area (Å²) in [6, 6.07) is 0.707. The van der Waals surface area contributed by atoms with E-state index in [0.717, 1.165) is 31.1 Å². The van der Waals surface area contributed by atoms with E-state index in [-0.39, 0.29) is 0 Å². The number of aromatic nitrogens is 2. The molecule has 1 aromatic heterocycles. The summed E-state index contributed by atoms with van der Waals surface area (Å²) in [5.41, 5.74) is 1.01. The third kappa shape index (κ3) is 2.70. The topological polar surface area (TPSA) is 41.1 Å². The lowest BCUT2D eigenvalue weighted by Crippen LogP contribution is -2.26. The molecule has 88 valence electrons. The Balaban J connectivity index is 1.99. The molecule has 4 heteroatoms. The molecule has 1 heterocycles. The van der Waals surface area contributed by atoms with E-state index in [4.69, 9.17) is 0 Å². The van der Waals surface area contributed by atoms with Crippen LogP contribution >= 0.6 is 0 Å². The Morgan fingerprint density at radius 1 is 1.31 bits per heavy atom. The van der Waals surface area contributed by atoms with Gasteiger partial charge in [0, 0.05) is 19.1 Å². The molecule has 16 heavy (non-hydrogen) atoms. The van der Waals surface area contributed by atoms with Crippen molar-refractivity contribution in [2.24, 2.45) is 0 Å². The van der Waals surface area contributed by atoms with Crippen LogP contribution in [0.1, 0.15) is 32.4 Å². The molecule has 0 amide bonds. The van der Waals surface area contributed by atoms with E-state index < -0.39 is 0 Å². The number of rotatable bonds is 6. The Bertz CT molecular complexity index is 318. The Labute approximate surface area is 97.1 Å². The van der Waals surface area contributed by atoms with Crippen LogP contribution in [0.3, 0.4) is 0 Å². The minimum atomic E-state index is 0.707. The average molecular weight is 220 g/mol. The Morgan fingerprint density at radius 3 is 2.62 bits per heavy atom. The Morgan fingerprint density at radius 2 is 2.12 bits per heavy atom. The first-order valence-electron chi connectivity index (χ1n) is 6.13. The molecule has 1 aliphatic rings. The monoisotopic (exact) mass is 220 g/mol. The van der Waals surface area contributed by atoms with Gasteiger partial charge >= 0.3 is 0 Å². The quantitative estimate of drug-likeness (QED) is 0.790. The molecule has 0 spiro atoms. The Hall–Kier alpha value is -1.16. The van der Waals surface area contributed by atoms with E-state index in [0.29, 0.717) is 6.04 Å². The molecule has 1 saturated carbocycles. The zero-order chi connectivity index (χ0) is 11.4. The van der Waals surface area contributed by atoms with Gasteiger partial charge in [-0.1, -0.05) is 6.92 Å². The first-order valence-corrected chi connectivity index (χ1v) is 6.13. The van der Waals surface area contributed by atoms with Crippen molar-refractivity contribution in [2.45, 2.75) is 39.3 Å². The molecule has 4 nitrogen and oxygen atoms in total. The molecule has 0 saturated heterocycles. The van der Waals surface area contributed by atoms with Gasteiger partial charge in [-0.15, -0.1) is 0 Å². The van der Waals surface area contributed by atoms with E-state index >= 15 is 0 Å². The molecule has 0 radical (unpaired) electrons. The van der Waals surface area contributed by atoms with Crippen LogP contribution in [0.2, 0.25) is 0 Å². The van der Waals surface area contributed by atoms with Gasteiger partial charge in [-0.2, -0.15) is 0 Å². The normalized spacial score (nSPS) is 15.1. The highest BCUT2D eigenvalue weighted by Crippen LogP contribution is 2.29. The minimum absolute atomic E-state index is 0.707. The SMILES string of the molecule is CCNCc1cnc(N(CC)C2CC2)cn1. The smallest absolute Gasteiger partial charge is 0.147 e. The van der Waals surface area contributed by atoms with Crippen molar-refractivity contribution in [1.82, 2.24) is 15.3 Å². The first kappa shape index (κ1) is 11.3. The highest BCUT2D eigenvalue weighted by molar-refractivity contribution is 5.38. The third-order valence-electron chi connectivity index (χ3n) is 2.87. The summed E-state index contributed by atoms with van der Waals surface area (Å²) in [7, 11) is 0. The van der Waals surface area contributed by atoms with E-state index in [9.17, 15) is 0 Å². The van der Waals surface area contributed by atoms with Crippen molar-refractivity contribution in [2.75, 3.05) is 18.0 Å². The van der Waals surface area contributed by atoms with Gasteiger partial charge in [-0.05, 0) is 26.3 Å². The molecular weight excluding hydrogens is 200 g/mol. The summed E-state index contributed by atoms with van der Waals surface area (Å²) in [6.45, 7) is 7.05. The van der Waals surface area contributed by atoms with Crippen molar-refractivity contribution in [3.05, 3.63) is 18.1 Å². The van der Waals surface area contributed by atoms with Gasteiger partial charge in [0.1, 0.15) is 5.82 Å². The highest BCUT2D eigenvalue weighted by Gasteiger charge is 2.28. The van der Waals surface area contributed by atoms with Crippen LogP contribution < -0.4 is 10.2 Å². The zero-order valence-electron chi connectivity index (χ0n) is 10.1. The summed E-state index contributed by atoms with van der Waals surface area (Å²) in [4.78, 5) is 11.3. The van der Waals surface area contributed by atoms with Gasteiger partial charge in [0.25, 0.3) is 0 Å². The molecule has 0 aromatic carbocycles. The predicted molar refractivity (Wildman–Crippen MR) is 65.5 cm³/mol. The van der Waals surface area contributed by atoms with Crippen molar-refractivity contribution in [3.8, 4) is 0 Å². The van der Waals surface area contributed by atoms with Gasteiger partial charge < -0.3 is 10.2 Å². The van der Waals surface area contributed by atoms with Crippen LogP contribution in [-0.4, -0.2) is 29.1 Å². The molecule has 1 fully saturated rings. The lowest BCUT2D eigenvalue weighted by atomic mass is 10.4. The second kappa shape index (κ2) is 5.25. The molecule has 1 aliphatic carbocycles. The van der Waals surface area contributed by atoms with Crippen molar-refractivity contribution >= 4 is 5.82 Å². The molecule has 1 N–H and O–H groups in total. The fourth-order valence-corrected chi connectivity index (χ4v) is 1.83. The number of hydrogen-bond acceptors (Lipinski definition) is 4. The summed E-state index contributed by atoms with van der Waals surface area (Å²) >= 11 is 0. The van der Waals surface area contributed by atoms with Crippen molar-refractivity contribution in [1.29, 1.82) is 0 Å². The zero-order valence-corrected chi connectivity index (χ0v) is 10.1. The average Bonchev–Trinajstić information content (AvgIpc) is 3.13. The predicted octanol–water partition coefficient (Wildman–Crippen LogP) is 1.57. The van der Waals surface area contributed by atoms with Crippen molar-refractivity contribution < 1.29 is 0 Å². The minimum Gasteiger partial charge on any atom is -0.353 e. The maximum Gasteiger partial charge on any atom is 0.147 e. The second-order valence-corrected chi connectivity index (χ2v) is 4.16. The van der Waals surface area contributed by atoms with Crippen LogP contribution in [0.15, 0.2) is 12.4 Å². The molecule has 0 unspecified atom stereocenters. The molecule has 2 rings (SSSR count). The number of anilines is 1. The fraction of sp³-hybridized carbons (Fsp3) is 0.667. The van der Waals surface area contributed by atoms with E-state index in [2.05, 4.69) is 34.0 Å². The van der Waals surface area contributed by atoms with Gasteiger partial charge in [0.05, 0.1) is 18.1 Å². The molecule has 0 aliphatic heterocycles. The highest BCUT2D eigenvalue weighted by atomic mass is 15.2. The number of nitrogens with one attached hydrogen (secondary N) is 1. The third-order valence-corrected chi connectivity index (χ3v) is 2.87. The molecule has 0 bridgehead atoms. The number of hydrogen-bond donors (Lipinski definition) is 1. The molecule has 1 aromatic rings. The van der Waals surface area contributed by atoms with Crippen LogP contribution in [0.4, 0.5) is 5.82 Å². The van der Waals surface area contributed by atoms with Crippen LogP contribution in [0.5, 0.6) is 0 Å². The maximum atomic E-state index is 4.49. The second-order valence-electron chi connectivity index (χ2n) is 4.16. The van der Waals surface area contributed by atoms with Gasteiger partial charge in [0.2, 0.25) is 0 Å². The van der Waals surface area contributed by atoms with Crippen LogP contribution in [0.25, 0.3) is 0 Å². The first-order chi connectivity index (χ1) is 7.85. The standard InChI is InChI=1S/C12H20N4/c1-3-13-7-10-8-15-12(9-14-10)16(4-2)11-5-6-11/h8-9,11,13H,3-7H2,1-2H3. The van der Waals surface area contributed by atoms with Crippen LogP contribution in [0, 0.1) is 0 Å². The van der Waals surface area contributed by atoms with E-state index in [1.165, 1.54) is 12.8 Å². The lowest BCUT2D eigenvalue weighted by molar-refractivity contribution is 0.704. The summed E-state index contributed by atoms with van der Waals surface area (Å²) < 4.78 is 0. The van der Waals surface area contributed by atoms with E-state index in [1.54, 1.807) is 0 Å². The lowest BCUT2D eigenvalue weighted by Gasteiger charge is -2.20. The summed E-state index contributed by atoms with van der Waals surface area (Å²) in [5, 5.41) is 3.25. The Kier molecular flexibility index (Phi) is 3.72. The fourth-order valence-electron chi connectivity index (χ4n) is 1.83. The summed E-state index contributed by atoms with van der Waals surface area (Å²) in [6.07, 6.45) is 6.38. The van der Waals surface area contributed by atoms with Gasteiger partial charge in [0.15, 0.2) is 0 Å². The van der Waals surface area contributed by atoms with Gasteiger partial charge in [-0.25, -0.2) is 4.98 Å². The van der Waals surface area contributed by atoms with Crippen LogP contribution in [-0.2, 0) is 6.54 Å². The maximum absolute atomic E-state index is 4.49. The summed E-state index contributed by atoms with van der Waals surface area (Å²) in [5.74, 6) is 1.02. The van der Waals surface area contributed by atoms with Gasteiger partial charge in [-0.3, -0.25) is 4.98 Å². The largest absolute Gasteiger partial charge is 0.353 e. The van der Waals surface area contributed by atoms with Crippen molar-refractivity contribution in [3.63, 3.8) is 0 Å². The molecule has 0 atom stereocenters. The number of nitrogens with zero attached hydrogens (tertiary/aromatic N) is 3. The van der Waals surface area contributed by atoms with E-state index in [1.807, 2.05) is 12.4 Å².